The van der Waals surface area contributed by atoms with Crippen LogP contribution < -0.4 is 10.6 Å². The smallest absolute Gasteiger partial charge is 0.191 e. The van der Waals surface area contributed by atoms with Crippen LogP contribution >= 0.6 is 0 Å². The second kappa shape index (κ2) is 10.3. The van der Waals surface area contributed by atoms with Crippen LogP contribution in [0.3, 0.4) is 0 Å². The third kappa shape index (κ3) is 6.13. The summed E-state index contributed by atoms with van der Waals surface area (Å²) in [6.07, 6.45) is 4.83. The van der Waals surface area contributed by atoms with Crippen LogP contribution in [-0.4, -0.2) is 84.4 Å². The molecule has 24 heavy (non-hydrogen) atoms. The van der Waals surface area contributed by atoms with E-state index in [9.17, 15) is 0 Å². The Morgan fingerprint density at radius 3 is 2.67 bits per heavy atom. The summed E-state index contributed by atoms with van der Waals surface area (Å²) < 4.78 is 1.95. The molecule has 1 aliphatic rings. The number of piperazine rings is 1. The molecule has 0 bridgehead atoms. The number of hydrogen-bond acceptors (Lipinski definition) is 4. The molecule has 7 heteroatoms. The molecule has 2 heterocycles. The van der Waals surface area contributed by atoms with Crippen molar-refractivity contribution in [1.82, 2.24) is 30.2 Å². The van der Waals surface area contributed by atoms with Gasteiger partial charge in [0.05, 0.1) is 0 Å². The summed E-state index contributed by atoms with van der Waals surface area (Å²) in [6.45, 7) is 13.1. The summed E-state index contributed by atoms with van der Waals surface area (Å²) in [7, 11) is 1.83. The first-order chi connectivity index (χ1) is 11.7. The van der Waals surface area contributed by atoms with E-state index < -0.39 is 0 Å². The van der Waals surface area contributed by atoms with Crippen molar-refractivity contribution in [3.8, 4) is 0 Å². The highest BCUT2D eigenvalue weighted by Gasteiger charge is 2.20. The van der Waals surface area contributed by atoms with Crippen molar-refractivity contribution >= 4 is 5.96 Å². The number of likely N-dealkylation sites (N-methyl/N-ethyl adjacent to an activating group) is 1. The molecule has 0 spiro atoms. The second-order valence-corrected chi connectivity index (χ2v) is 6.32. The Bertz CT molecular complexity index is 463. The molecule has 0 amide bonds. The normalized spacial score (nSPS) is 18.5. The summed E-state index contributed by atoms with van der Waals surface area (Å²) in [5.41, 5.74) is 0. The minimum absolute atomic E-state index is 0.520. The van der Waals surface area contributed by atoms with Gasteiger partial charge in [0, 0.05) is 71.3 Å². The minimum atomic E-state index is 0.520. The molecule has 0 radical (unpaired) electrons. The Morgan fingerprint density at radius 2 is 2.04 bits per heavy atom. The van der Waals surface area contributed by atoms with Gasteiger partial charge in [0.25, 0.3) is 0 Å². The van der Waals surface area contributed by atoms with Crippen LogP contribution in [-0.2, 0) is 6.54 Å². The fourth-order valence-corrected chi connectivity index (χ4v) is 2.99. The van der Waals surface area contributed by atoms with Crippen LogP contribution in [0.5, 0.6) is 0 Å². The van der Waals surface area contributed by atoms with Gasteiger partial charge in [-0.3, -0.25) is 14.6 Å². The molecule has 1 saturated heterocycles. The number of aryl methyl sites for hydroxylation is 1. The molecule has 0 aliphatic carbocycles. The number of hydrogen-bond donors (Lipinski definition) is 2. The van der Waals surface area contributed by atoms with Gasteiger partial charge in [-0.05, 0) is 26.0 Å². The highest BCUT2D eigenvalue weighted by Crippen LogP contribution is 2.05. The molecule has 1 aliphatic heterocycles. The monoisotopic (exact) mass is 335 g/mol. The van der Waals surface area contributed by atoms with Crippen LogP contribution in [0.2, 0.25) is 0 Å². The maximum atomic E-state index is 4.31. The van der Waals surface area contributed by atoms with E-state index in [-0.39, 0.29) is 0 Å². The first-order valence-electron chi connectivity index (χ1n) is 9.11. The zero-order chi connectivity index (χ0) is 17.2. The Morgan fingerprint density at radius 1 is 1.25 bits per heavy atom. The van der Waals surface area contributed by atoms with Gasteiger partial charge in [-0.2, -0.15) is 5.10 Å². The van der Waals surface area contributed by atoms with E-state index in [4.69, 9.17) is 0 Å². The number of nitrogens with zero attached hydrogens (tertiary/aromatic N) is 5. The minimum Gasteiger partial charge on any atom is -0.356 e. The van der Waals surface area contributed by atoms with Gasteiger partial charge < -0.3 is 15.5 Å². The molecule has 0 saturated carbocycles. The fourth-order valence-electron chi connectivity index (χ4n) is 2.99. The van der Waals surface area contributed by atoms with Gasteiger partial charge >= 0.3 is 0 Å². The van der Waals surface area contributed by atoms with Crippen molar-refractivity contribution in [2.45, 2.75) is 32.9 Å². The average molecular weight is 336 g/mol. The number of guanidine groups is 1. The molecule has 136 valence electrons. The molecule has 1 fully saturated rings. The molecule has 1 atom stereocenters. The van der Waals surface area contributed by atoms with E-state index in [1.54, 1.807) is 0 Å². The molecule has 1 aromatic rings. The van der Waals surface area contributed by atoms with Crippen molar-refractivity contribution in [3.63, 3.8) is 0 Å². The average Bonchev–Trinajstić information content (AvgIpc) is 3.14. The lowest BCUT2D eigenvalue weighted by molar-refractivity contribution is 0.107. The van der Waals surface area contributed by atoms with E-state index in [2.05, 4.69) is 44.4 Å². The topological polar surface area (TPSA) is 60.7 Å². The lowest BCUT2D eigenvalue weighted by atomic mass is 10.2. The highest BCUT2D eigenvalue weighted by molar-refractivity contribution is 5.79. The van der Waals surface area contributed by atoms with Crippen LogP contribution in [0.4, 0.5) is 0 Å². The van der Waals surface area contributed by atoms with E-state index in [1.165, 1.54) is 13.1 Å². The molecule has 7 nitrogen and oxygen atoms in total. The predicted molar refractivity (Wildman–Crippen MR) is 99.4 cm³/mol. The number of aromatic nitrogens is 2. The van der Waals surface area contributed by atoms with Crippen molar-refractivity contribution < 1.29 is 0 Å². The van der Waals surface area contributed by atoms with E-state index in [0.717, 1.165) is 51.6 Å². The van der Waals surface area contributed by atoms with Gasteiger partial charge in [-0.15, -0.1) is 0 Å². The maximum absolute atomic E-state index is 4.31. The van der Waals surface area contributed by atoms with Gasteiger partial charge in [-0.25, -0.2) is 0 Å². The molecular weight excluding hydrogens is 302 g/mol. The maximum Gasteiger partial charge on any atom is 0.191 e. The summed E-state index contributed by atoms with van der Waals surface area (Å²) in [5, 5.41) is 11.0. The van der Waals surface area contributed by atoms with Crippen LogP contribution in [0, 0.1) is 0 Å². The fraction of sp³-hybridized carbons (Fsp3) is 0.765. The Balaban J connectivity index is 1.60. The quantitative estimate of drug-likeness (QED) is 0.411. The SMILES string of the molecule is CCN1CCN(C(C)CNC(=NC)NCCCn2cccn2)CC1. The highest BCUT2D eigenvalue weighted by atomic mass is 15.3. The molecule has 2 rings (SSSR count). The van der Waals surface area contributed by atoms with E-state index in [1.807, 2.05) is 30.2 Å². The van der Waals surface area contributed by atoms with Crippen molar-refractivity contribution in [3.05, 3.63) is 18.5 Å². The predicted octanol–water partition coefficient (Wildman–Crippen LogP) is 0.464. The third-order valence-electron chi connectivity index (χ3n) is 4.68. The first-order valence-corrected chi connectivity index (χ1v) is 9.11. The molecule has 2 N–H and O–H groups in total. The van der Waals surface area contributed by atoms with Gasteiger partial charge in [-0.1, -0.05) is 6.92 Å². The zero-order valence-corrected chi connectivity index (χ0v) is 15.4. The zero-order valence-electron chi connectivity index (χ0n) is 15.4. The Kier molecular flexibility index (Phi) is 8.04. The lowest BCUT2D eigenvalue weighted by Gasteiger charge is -2.37. The van der Waals surface area contributed by atoms with Gasteiger partial charge in [0.1, 0.15) is 0 Å². The standard InChI is InChI=1S/C17H33N7/c1-4-22-11-13-23(14-12-22)16(2)15-20-17(18-3)19-7-5-9-24-10-6-8-21-24/h6,8,10,16H,4-5,7,9,11-15H2,1-3H3,(H2,18,19,20). The van der Waals surface area contributed by atoms with Crippen molar-refractivity contribution in [1.29, 1.82) is 0 Å². The number of aliphatic imine (C=N–C) groups is 1. The summed E-state index contributed by atoms with van der Waals surface area (Å²) >= 11 is 0. The number of rotatable bonds is 8. The van der Waals surface area contributed by atoms with E-state index in [0.29, 0.717) is 6.04 Å². The largest absolute Gasteiger partial charge is 0.356 e. The summed E-state index contributed by atoms with van der Waals surface area (Å²) in [6, 6.07) is 2.47. The molecule has 1 aromatic heterocycles. The molecular formula is C17H33N7. The Labute approximate surface area is 146 Å². The molecule has 0 aromatic carbocycles. The van der Waals surface area contributed by atoms with Gasteiger partial charge in [0.15, 0.2) is 5.96 Å². The second-order valence-electron chi connectivity index (χ2n) is 6.32. The number of nitrogens with one attached hydrogen (secondary N) is 2. The van der Waals surface area contributed by atoms with Crippen LogP contribution in [0.15, 0.2) is 23.5 Å². The van der Waals surface area contributed by atoms with Gasteiger partial charge in [0.2, 0.25) is 0 Å². The van der Waals surface area contributed by atoms with Crippen LogP contribution in [0.25, 0.3) is 0 Å². The molecule has 1 unspecified atom stereocenters. The van der Waals surface area contributed by atoms with Crippen LogP contribution in [0.1, 0.15) is 20.3 Å². The van der Waals surface area contributed by atoms with E-state index >= 15 is 0 Å². The van der Waals surface area contributed by atoms with Crippen molar-refractivity contribution in [2.75, 3.05) is 52.9 Å². The Hall–Kier alpha value is -1.60. The first kappa shape index (κ1) is 18.7. The summed E-state index contributed by atoms with van der Waals surface area (Å²) in [4.78, 5) is 9.38. The van der Waals surface area contributed by atoms with Crippen molar-refractivity contribution in [2.24, 2.45) is 4.99 Å². The summed E-state index contributed by atoms with van der Waals surface area (Å²) in [5.74, 6) is 0.884. The third-order valence-corrected chi connectivity index (χ3v) is 4.68. The lowest BCUT2D eigenvalue weighted by Crippen LogP contribution is -2.53.